The van der Waals surface area contributed by atoms with Crippen molar-refractivity contribution in [3.05, 3.63) is 29.1 Å². The Balaban J connectivity index is 3.19. The molecular weight excluding hydrogens is 205 g/mol. The number of rotatable bonds is 4. The lowest BCUT2D eigenvalue weighted by atomic mass is 10.0. The molecule has 1 aromatic rings. The van der Waals surface area contributed by atoms with Gasteiger partial charge in [-0.1, -0.05) is 6.92 Å². The zero-order valence-electron chi connectivity index (χ0n) is 10.4. The van der Waals surface area contributed by atoms with E-state index in [9.17, 15) is 9.50 Å². The maximum Gasteiger partial charge on any atom is 0.126 e. The van der Waals surface area contributed by atoms with Crippen molar-refractivity contribution in [1.29, 1.82) is 0 Å². The number of aliphatic hydroxyl groups is 1. The predicted molar refractivity (Wildman–Crippen MR) is 65.3 cm³/mol. The van der Waals surface area contributed by atoms with Crippen molar-refractivity contribution in [2.75, 3.05) is 18.5 Å². The maximum absolute atomic E-state index is 13.4. The van der Waals surface area contributed by atoms with Crippen LogP contribution in [-0.4, -0.2) is 18.7 Å². The third kappa shape index (κ3) is 2.73. The van der Waals surface area contributed by atoms with Crippen molar-refractivity contribution in [3.8, 4) is 0 Å². The summed E-state index contributed by atoms with van der Waals surface area (Å²) in [7, 11) is 1.96. The number of hydrogen-bond donors (Lipinski definition) is 1. The molecule has 90 valence electrons. The van der Waals surface area contributed by atoms with Crippen LogP contribution < -0.4 is 4.90 Å². The number of halogens is 1. The first kappa shape index (κ1) is 13.0. The second kappa shape index (κ2) is 5.30. The third-order valence-corrected chi connectivity index (χ3v) is 2.73. The molecule has 0 spiro atoms. The highest BCUT2D eigenvalue weighted by Gasteiger charge is 2.14. The molecule has 0 saturated heterocycles. The van der Waals surface area contributed by atoms with Gasteiger partial charge in [0.2, 0.25) is 0 Å². The van der Waals surface area contributed by atoms with E-state index in [4.69, 9.17) is 0 Å². The van der Waals surface area contributed by atoms with E-state index in [2.05, 4.69) is 11.8 Å². The molecular formula is C13H20FNO. The minimum atomic E-state index is -0.649. The largest absolute Gasteiger partial charge is 0.389 e. The molecule has 0 radical (unpaired) electrons. The van der Waals surface area contributed by atoms with Crippen LogP contribution in [-0.2, 0) is 0 Å². The van der Waals surface area contributed by atoms with Crippen LogP contribution in [0.1, 0.15) is 37.5 Å². The average Bonchev–Trinajstić information content (AvgIpc) is 2.21. The Kier molecular flexibility index (Phi) is 4.30. The minimum absolute atomic E-state index is 0.260. The van der Waals surface area contributed by atoms with E-state index < -0.39 is 6.10 Å². The molecule has 0 saturated carbocycles. The molecule has 1 N–H and O–H groups in total. The summed E-state index contributed by atoms with van der Waals surface area (Å²) < 4.78 is 13.4. The van der Waals surface area contributed by atoms with Gasteiger partial charge in [0.25, 0.3) is 0 Å². The summed E-state index contributed by atoms with van der Waals surface area (Å²) in [5, 5.41) is 9.64. The van der Waals surface area contributed by atoms with Crippen LogP contribution in [0, 0.1) is 12.7 Å². The van der Waals surface area contributed by atoms with Gasteiger partial charge in [-0.2, -0.15) is 0 Å². The summed E-state index contributed by atoms with van der Waals surface area (Å²) in [5.74, 6) is -0.260. The lowest BCUT2D eigenvalue weighted by molar-refractivity contribution is 0.199. The monoisotopic (exact) mass is 225 g/mol. The molecule has 0 heterocycles. The zero-order valence-corrected chi connectivity index (χ0v) is 10.4. The molecule has 16 heavy (non-hydrogen) atoms. The Morgan fingerprint density at radius 3 is 2.56 bits per heavy atom. The molecule has 1 rings (SSSR count). The zero-order chi connectivity index (χ0) is 12.3. The van der Waals surface area contributed by atoms with Gasteiger partial charge in [-0.05, 0) is 38.0 Å². The molecule has 0 unspecified atom stereocenters. The van der Waals surface area contributed by atoms with Gasteiger partial charge in [0.15, 0.2) is 0 Å². The summed E-state index contributed by atoms with van der Waals surface area (Å²) in [6.07, 6.45) is 0.371. The van der Waals surface area contributed by atoms with Crippen LogP contribution in [0.25, 0.3) is 0 Å². The van der Waals surface area contributed by atoms with Gasteiger partial charge in [0.05, 0.1) is 6.10 Å². The van der Waals surface area contributed by atoms with Crippen molar-refractivity contribution < 1.29 is 9.50 Å². The fourth-order valence-electron chi connectivity index (χ4n) is 1.80. The molecule has 1 atom stereocenters. The smallest absolute Gasteiger partial charge is 0.126 e. The van der Waals surface area contributed by atoms with E-state index in [-0.39, 0.29) is 5.82 Å². The molecule has 0 aliphatic rings. The Morgan fingerprint density at radius 1 is 1.44 bits per heavy atom. The molecule has 2 nitrogen and oxygen atoms in total. The number of aryl methyl sites for hydroxylation is 1. The summed E-state index contributed by atoms with van der Waals surface area (Å²) in [6.45, 7) is 6.39. The number of benzene rings is 1. The first-order valence-electron chi connectivity index (χ1n) is 5.66. The average molecular weight is 225 g/mol. The van der Waals surface area contributed by atoms with Crippen LogP contribution in [0.2, 0.25) is 0 Å². The van der Waals surface area contributed by atoms with Gasteiger partial charge in [-0.15, -0.1) is 0 Å². The van der Waals surface area contributed by atoms with E-state index in [1.54, 1.807) is 19.9 Å². The molecule has 0 aliphatic heterocycles. The number of anilines is 1. The second-order valence-corrected chi connectivity index (χ2v) is 4.26. The molecule has 0 aromatic heterocycles. The molecule has 0 bridgehead atoms. The highest BCUT2D eigenvalue weighted by atomic mass is 19.1. The fourth-order valence-corrected chi connectivity index (χ4v) is 1.80. The molecule has 3 heteroatoms. The van der Waals surface area contributed by atoms with Crippen molar-refractivity contribution in [2.45, 2.75) is 33.3 Å². The first-order valence-corrected chi connectivity index (χ1v) is 5.66. The van der Waals surface area contributed by atoms with Crippen molar-refractivity contribution >= 4 is 5.69 Å². The van der Waals surface area contributed by atoms with E-state index in [1.165, 1.54) is 6.07 Å². The SMILES string of the molecule is CCCN(C)c1cc(C)c(F)cc1[C@H](C)O. The van der Waals surface area contributed by atoms with Crippen molar-refractivity contribution in [1.82, 2.24) is 0 Å². The van der Waals surface area contributed by atoms with E-state index in [0.29, 0.717) is 11.1 Å². The fraction of sp³-hybridized carbons (Fsp3) is 0.538. The quantitative estimate of drug-likeness (QED) is 0.851. The van der Waals surface area contributed by atoms with E-state index in [1.807, 2.05) is 7.05 Å². The molecule has 0 fully saturated rings. The van der Waals surface area contributed by atoms with Crippen LogP contribution in [0.4, 0.5) is 10.1 Å². The molecule has 0 amide bonds. The molecule has 0 aliphatic carbocycles. The van der Waals surface area contributed by atoms with Crippen molar-refractivity contribution in [3.63, 3.8) is 0 Å². The minimum Gasteiger partial charge on any atom is -0.389 e. The van der Waals surface area contributed by atoms with Crippen LogP contribution >= 0.6 is 0 Å². The van der Waals surface area contributed by atoms with Gasteiger partial charge >= 0.3 is 0 Å². The number of hydrogen-bond acceptors (Lipinski definition) is 2. The van der Waals surface area contributed by atoms with Gasteiger partial charge in [-0.25, -0.2) is 4.39 Å². The second-order valence-electron chi connectivity index (χ2n) is 4.26. The van der Waals surface area contributed by atoms with Crippen molar-refractivity contribution in [2.24, 2.45) is 0 Å². The van der Waals surface area contributed by atoms with Gasteiger partial charge < -0.3 is 10.0 Å². The highest BCUT2D eigenvalue weighted by Crippen LogP contribution is 2.28. The van der Waals surface area contributed by atoms with Crippen LogP contribution in [0.5, 0.6) is 0 Å². The highest BCUT2D eigenvalue weighted by molar-refractivity contribution is 5.56. The summed E-state index contributed by atoms with van der Waals surface area (Å²) in [4.78, 5) is 2.05. The summed E-state index contributed by atoms with van der Waals surface area (Å²) >= 11 is 0. The maximum atomic E-state index is 13.4. The molecule has 1 aromatic carbocycles. The van der Waals surface area contributed by atoms with Crippen LogP contribution in [0.3, 0.4) is 0 Å². The number of aliphatic hydroxyl groups excluding tert-OH is 1. The van der Waals surface area contributed by atoms with Crippen LogP contribution in [0.15, 0.2) is 12.1 Å². The normalized spacial score (nSPS) is 12.6. The lowest BCUT2D eigenvalue weighted by Gasteiger charge is -2.24. The predicted octanol–water partition coefficient (Wildman–Crippen LogP) is 3.03. The standard InChI is InChI=1S/C13H20FNO/c1-5-6-15(4)13-7-9(2)12(14)8-11(13)10(3)16/h7-8,10,16H,5-6H2,1-4H3/t10-/m0/s1. The lowest BCUT2D eigenvalue weighted by Crippen LogP contribution is -2.20. The Hall–Kier alpha value is -1.09. The Morgan fingerprint density at radius 2 is 2.06 bits per heavy atom. The Labute approximate surface area is 96.7 Å². The van der Waals surface area contributed by atoms with Gasteiger partial charge in [0, 0.05) is 24.8 Å². The first-order chi connectivity index (χ1) is 7.47. The van der Waals surface area contributed by atoms with E-state index >= 15 is 0 Å². The Bertz CT molecular complexity index is 363. The van der Waals surface area contributed by atoms with Gasteiger partial charge in [-0.3, -0.25) is 0 Å². The summed E-state index contributed by atoms with van der Waals surface area (Å²) in [6, 6.07) is 3.23. The topological polar surface area (TPSA) is 23.5 Å². The number of nitrogens with zero attached hydrogens (tertiary/aromatic N) is 1. The third-order valence-electron chi connectivity index (χ3n) is 2.73. The van der Waals surface area contributed by atoms with Gasteiger partial charge in [0.1, 0.15) is 5.82 Å². The summed E-state index contributed by atoms with van der Waals surface area (Å²) in [5.41, 5.74) is 2.18. The van der Waals surface area contributed by atoms with E-state index in [0.717, 1.165) is 18.7 Å².